The fraction of sp³-hybridized carbons (Fsp3) is 0.529. The molecule has 1 aliphatic rings. The second-order valence-corrected chi connectivity index (χ2v) is 12.3. The van der Waals surface area contributed by atoms with Gasteiger partial charge in [0.05, 0.1) is 22.7 Å². The SMILES string of the molecule is CS(C)(C)CCOCN1C(=O)CCC1C(=O)c1ccc(Br)c(F)c1F. The van der Waals surface area contributed by atoms with Crippen LogP contribution in [0.4, 0.5) is 8.78 Å². The molecule has 0 bridgehead atoms. The molecule has 1 saturated heterocycles. The van der Waals surface area contributed by atoms with Gasteiger partial charge in [0, 0.05) is 12.2 Å². The van der Waals surface area contributed by atoms with Crippen LogP contribution in [0.1, 0.15) is 23.2 Å². The number of ketones is 1. The lowest BCUT2D eigenvalue weighted by molar-refractivity contribution is -0.133. The molecule has 0 radical (unpaired) electrons. The van der Waals surface area contributed by atoms with E-state index >= 15 is 0 Å². The highest BCUT2D eigenvalue weighted by atomic mass is 79.9. The number of Topliss-reactive ketones (excluding diaryl/α,β-unsaturated/α-hetero) is 1. The Bertz CT molecular complexity index is 679. The molecule has 1 aromatic carbocycles. The monoisotopic (exact) mass is 437 g/mol. The van der Waals surface area contributed by atoms with Gasteiger partial charge in [-0.05, 0) is 53.3 Å². The minimum atomic E-state index is -1.20. The number of halogens is 3. The van der Waals surface area contributed by atoms with Crippen LogP contribution in [0.5, 0.6) is 0 Å². The van der Waals surface area contributed by atoms with Crippen molar-refractivity contribution in [2.45, 2.75) is 18.9 Å². The van der Waals surface area contributed by atoms with E-state index in [1.807, 2.05) is 0 Å². The molecule has 4 nitrogen and oxygen atoms in total. The van der Waals surface area contributed by atoms with Crippen molar-refractivity contribution in [3.05, 3.63) is 33.8 Å². The summed E-state index contributed by atoms with van der Waals surface area (Å²) in [5, 5.41) is 0. The highest BCUT2D eigenvalue weighted by Gasteiger charge is 2.37. The van der Waals surface area contributed by atoms with Crippen molar-refractivity contribution < 1.29 is 23.1 Å². The molecular formula is C17H22BrF2NO3S. The molecule has 1 fully saturated rings. The minimum absolute atomic E-state index is 0.00854. The molecule has 2 rings (SSSR count). The van der Waals surface area contributed by atoms with E-state index in [2.05, 4.69) is 34.7 Å². The van der Waals surface area contributed by atoms with Gasteiger partial charge >= 0.3 is 0 Å². The molecule has 0 saturated carbocycles. The van der Waals surface area contributed by atoms with Crippen molar-refractivity contribution >= 4 is 37.6 Å². The van der Waals surface area contributed by atoms with Gasteiger partial charge in [0.25, 0.3) is 0 Å². The second-order valence-electron chi connectivity index (χ2n) is 6.84. The maximum Gasteiger partial charge on any atom is 0.225 e. The zero-order valence-corrected chi connectivity index (χ0v) is 16.9. The molecule has 1 atom stereocenters. The summed E-state index contributed by atoms with van der Waals surface area (Å²) in [6.45, 7) is 0.482. The molecule has 25 heavy (non-hydrogen) atoms. The average Bonchev–Trinajstić information content (AvgIpc) is 2.89. The first kappa shape index (κ1) is 20.3. The minimum Gasteiger partial charge on any atom is -0.360 e. The molecule has 140 valence electrons. The van der Waals surface area contributed by atoms with Crippen LogP contribution in [-0.2, 0) is 9.53 Å². The second kappa shape index (κ2) is 8.14. The third-order valence-electron chi connectivity index (χ3n) is 4.00. The predicted molar refractivity (Wildman–Crippen MR) is 99.3 cm³/mol. The van der Waals surface area contributed by atoms with E-state index in [9.17, 15) is 18.4 Å². The van der Waals surface area contributed by atoms with E-state index in [0.717, 1.165) is 5.75 Å². The molecule has 1 unspecified atom stereocenters. The fourth-order valence-corrected chi connectivity index (χ4v) is 3.46. The van der Waals surface area contributed by atoms with Crippen molar-refractivity contribution in [3.8, 4) is 0 Å². The molecule has 0 aliphatic carbocycles. The van der Waals surface area contributed by atoms with Crippen LogP contribution in [0.3, 0.4) is 0 Å². The number of nitrogens with zero attached hydrogens (tertiary/aromatic N) is 1. The number of carbonyl (C=O) groups is 2. The van der Waals surface area contributed by atoms with Crippen molar-refractivity contribution in [2.75, 3.05) is 37.9 Å². The Morgan fingerprint density at radius 3 is 2.64 bits per heavy atom. The summed E-state index contributed by atoms with van der Waals surface area (Å²) in [6.07, 6.45) is 6.96. The number of ether oxygens (including phenoxy) is 1. The van der Waals surface area contributed by atoms with E-state index in [1.54, 1.807) is 0 Å². The average molecular weight is 438 g/mol. The standard InChI is InChI=1S/C17H22BrF2NO3S/c1-25(2,3)9-8-24-10-21-13(6-7-14(21)22)17(23)11-4-5-12(18)16(20)15(11)19/h4-5,13H,6-10H2,1-3H3. The van der Waals surface area contributed by atoms with Crippen LogP contribution in [0.2, 0.25) is 0 Å². The van der Waals surface area contributed by atoms with Gasteiger partial charge < -0.3 is 9.64 Å². The van der Waals surface area contributed by atoms with Gasteiger partial charge in [-0.25, -0.2) is 18.8 Å². The highest BCUT2D eigenvalue weighted by molar-refractivity contribution is 9.10. The van der Waals surface area contributed by atoms with E-state index in [-0.39, 0.29) is 35.5 Å². The highest BCUT2D eigenvalue weighted by Crippen LogP contribution is 2.33. The molecular weight excluding hydrogens is 416 g/mol. The lowest BCUT2D eigenvalue weighted by Crippen LogP contribution is -2.40. The van der Waals surface area contributed by atoms with E-state index in [4.69, 9.17) is 4.74 Å². The van der Waals surface area contributed by atoms with E-state index < -0.39 is 33.5 Å². The summed E-state index contributed by atoms with van der Waals surface area (Å²) in [4.78, 5) is 26.0. The smallest absolute Gasteiger partial charge is 0.225 e. The Morgan fingerprint density at radius 2 is 2.00 bits per heavy atom. The lowest BCUT2D eigenvalue weighted by Gasteiger charge is -2.27. The first-order chi connectivity index (χ1) is 11.6. The summed E-state index contributed by atoms with van der Waals surface area (Å²) in [5.74, 6) is -2.22. The van der Waals surface area contributed by atoms with Crippen LogP contribution in [0.25, 0.3) is 0 Å². The number of likely N-dealkylation sites (tertiary alicyclic amines) is 1. The molecule has 0 spiro atoms. The number of amides is 1. The fourth-order valence-electron chi connectivity index (χ4n) is 2.54. The molecule has 1 amide bonds. The van der Waals surface area contributed by atoms with Crippen molar-refractivity contribution in [2.24, 2.45) is 0 Å². The normalized spacial score (nSPS) is 18.7. The third-order valence-corrected chi connectivity index (χ3v) is 6.01. The predicted octanol–water partition coefficient (Wildman–Crippen LogP) is 3.57. The van der Waals surface area contributed by atoms with Gasteiger partial charge in [-0.3, -0.25) is 9.59 Å². The van der Waals surface area contributed by atoms with Gasteiger partial charge in [-0.1, -0.05) is 0 Å². The number of hydrogen-bond donors (Lipinski definition) is 0. The zero-order chi connectivity index (χ0) is 18.8. The van der Waals surface area contributed by atoms with Crippen LogP contribution >= 0.6 is 26.0 Å². The van der Waals surface area contributed by atoms with Gasteiger partial charge in [0.1, 0.15) is 6.73 Å². The molecule has 1 heterocycles. The maximum absolute atomic E-state index is 14.1. The molecule has 0 aromatic heterocycles. The quantitative estimate of drug-likeness (QED) is 0.372. The largest absolute Gasteiger partial charge is 0.360 e. The van der Waals surface area contributed by atoms with E-state index in [1.165, 1.54) is 17.0 Å². The van der Waals surface area contributed by atoms with E-state index in [0.29, 0.717) is 6.61 Å². The van der Waals surface area contributed by atoms with Gasteiger partial charge in [0.15, 0.2) is 17.4 Å². The van der Waals surface area contributed by atoms with Crippen molar-refractivity contribution in [3.63, 3.8) is 0 Å². The molecule has 1 aromatic rings. The number of carbonyl (C=O) groups excluding carboxylic acids is 2. The van der Waals surface area contributed by atoms with Crippen molar-refractivity contribution in [1.29, 1.82) is 0 Å². The molecule has 1 aliphatic heterocycles. The Kier molecular flexibility index (Phi) is 6.62. The Morgan fingerprint density at radius 1 is 1.32 bits per heavy atom. The lowest BCUT2D eigenvalue weighted by atomic mass is 10.0. The van der Waals surface area contributed by atoms with Gasteiger partial charge in [0.2, 0.25) is 5.91 Å². The van der Waals surface area contributed by atoms with Crippen LogP contribution < -0.4 is 0 Å². The Labute approximate surface area is 156 Å². The molecule has 8 heteroatoms. The summed E-state index contributed by atoms with van der Waals surface area (Å²) in [6, 6.07) is 1.70. The summed E-state index contributed by atoms with van der Waals surface area (Å²) < 4.78 is 33.3. The Hall–Kier alpha value is -0.990. The zero-order valence-electron chi connectivity index (χ0n) is 14.5. The third kappa shape index (κ3) is 5.01. The van der Waals surface area contributed by atoms with Gasteiger partial charge in [-0.2, -0.15) is 0 Å². The number of hydrogen-bond acceptors (Lipinski definition) is 3. The number of rotatable bonds is 7. The summed E-state index contributed by atoms with van der Waals surface area (Å²) in [5.41, 5.74) is -0.343. The summed E-state index contributed by atoms with van der Waals surface area (Å²) >= 11 is 2.88. The first-order valence-electron chi connectivity index (χ1n) is 7.83. The van der Waals surface area contributed by atoms with Crippen molar-refractivity contribution in [1.82, 2.24) is 4.90 Å². The topological polar surface area (TPSA) is 46.6 Å². The maximum atomic E-state index is 14.1. The Balaban J connectivity index is 2.08. The summed E-state index contributed by atoms with van der Waals surface area (Å²) in [7, 11) is -0.712. The van der Waals surface area contributed by atoms with Gasteiger partial charge in [-0.15, -0.1) is 0 Å². The number of benzene rings is 1. The first-order valence-corrected chi connectivity index (χ1v) is 11.6. The van der Waals surface area contributed by atoms with Crippen LogP contribution in [0.15, 0.2) is 16.6 Å². The molecule has 0 N–H and O–H groups in total. The van der Waals surface area contributed by atoms with Crippen LogP contribution in [-0.4, -0.2) is 60.5 Å². The van der Waals surface area contributed by atoms with Crippen LogP contribution in [0, 0.1) is 11.6 Å².